The molecule has 3 heterocycles. The summed E-state index contributed by atoms with van der Waals surface area (Å²) in [7, 11) is 0. The van der Waals surface area contributed by atoms with E-state index in [4.69, 9.17) is 4.74 Å². The summed E-state index contributed by atoms with van der Waals surface area (Å²) in [5.41, 5.74) is 0.297. The lowest BCUT2D eigenvalue weighted by Gasteiger charge is -2.25. The van der Waals surface area contributed by atoms with Crippen LogP contribution in [0.3, 0.4) is 0 Å². The predicted octanol–water partition coefficient (Wildman–Crippen LogP) is 2.86. The van der Waals surface area contributed by atoms with Crippen molar-refractivity contribution in [2.24, 2.45) is 0 Å². The lowest BCUT2D eigenvalue weighted by atomic mass is 10.1. The summed E-state index contributed by atoms with van der Waals surface area (Å²) in [6.45, 7) is 3.44. The summed E-state index contributed by atoms with van der Waals surface area (Å²) in [6, 6.07) is 14.1. The Morgan fingerprint density at radius 1 is 1.11 bits per heavy atom. The third-order valence-corrected chi connectivity index (χ3v) is 6.24. The molecule has 5 rings (SSSR count). The molecule has 0 spiro atoms. The van der Waals surface area contributed by atoms with Crippen molar-refractivity contribution < 1.29 is 9.53 Å². The molecule has 1 aliphatic heterocycles. The fourth-order valence-corrected chi connectivity index (χ4v) is 4.55. The highest BCUT2D eigenvalue weighted by molar-refractivity contribution is 6.04. The number of rotatable bonds is 7. The standard InChI is InChI=1S/C26H27N5O4/c1-2-13-31-25(33)19-10-4-3-9-18(19)23(29-31)26(34)30(15-17-8-7-14-35-17)16-22-27-21-12-6-5-11-20(21)24(32)28-22/h3-6,9-12,17H,2,7-8,13-16H2,1H3,(H,27,28,32)/t17-/m1/s1. The lowest BCUT2D eigenvalue weighted by molar-refractivity contribution is 0.0496. The number of benzene rings is 2. The Kier molecular flexibility index (Phi) is 6.41. The Hall–Kier alpha value is -3.85. The first-order valence-electron chi connectivity index (χ1n) is 11.9. The number of H-pyrrole nitrogens is 1. The largest absolute Gasteiger partial charge is 0.376 e. The Morgan fingerprint density at radius 2 is 1.86 bits per heavy atom. The molecule has 9 nitrogen and oxygen atoms in total. The molecular formula is C26H27N5O4. The number of hydrogen-bond acceptors (Lipinski definition) is 6. The van der Waals surface area contributed by atoms with E-state index in [0.29, 0.717) is 53.6 Å². The summed E-state index contributed by atoms with van der Waals surface area (Å²) in [4.78, 5) is 48.5. The van der Waals surface area contributed by atoms with Crippen molar-refractivity contribution in [3.05, 3.63) is 80.8 Å². The third-order valence-electron chi connectivity index (χ3n) is 6.24. The highest BCUT2D eigenvalue weighted by Gasteiger charge is 2.27. The second-order valence-electron chi connectivity index (χ2n) is 8.77. The first-order chi connectivity index (χ1) is 17.0. The van der Waals surface area contributed by atoms with E-state index in [9.17, 15) is 14.4 Å². The zero-order valence-corrected chi connectivity index (χ0v) is 19.6. The lowest BCUT2D eigenvalue weighted by Crippen LogP contribution is -2.39. The molecule has 180 valence electrons. The van der Waals surface area contributed by atoms with Gasteiger partial charge in [-0.1, -0.05) is 37.3 Å². The van der Waals surface area contributed by atoms with Crippen LogP contribution in [0.25, 0.3) is 21.7 Å². The zero-order valence-electron chi connectivity index (χ0n) is 19.6. The number of ether oxygens (including phenoxy) is 1. The van der Waals surface area contributed by atoms with E-state index in [0.717, 1.165) is 12.8 Å². The summed E-state index contributed by atoms with van der Waals surface area (Å²) in [5, 5.41) is 5.93. The van der Waals surface area contributed by atoms with Gasteiger partial charge in [0.15, 0.2) is 5.69 Å². The number of aromatic amines is 1. The maximum Gasteiger partial charge on any atom is 0.275 e. The van der Waals surface area contributed by atoms with E-state index in [-0.39, 0.29) is 35.4 Å². The van der Waals surface area contributed by atoms with Gasteiger partial charge in [-0.25, -0.2) is 9.67 Å². The molecule has 9 heteroatoms. The molecule has 1 atom stereocenters. The SMILES string of the molecule is CCCn1nc(C(=O)N(Cc2nc3ccccc3c(=O)[nH]2)C[C@H]2CCCO2)c2ccccc2c1=O. The van der Waals surface area contributed by atoms with Crippen molar-refractivity contribution >= 4 is 27.6 Å². The van der Waals surface area contributed by atoms with Gasteiger partial charge < -0.3 is 14.6 Å². The second kappa shape index (κ2) is 9.79. The molecule has 0 unspecified atom stereocenters. The first kappa shape index (κ1) is 22.9. The Morgan fingerprint density at radius 3 is 2.60 bits per heavy atom. The molecule has 1 amide bonds. The van der Waals surface area contributed by atoms with Gasteiger partial charge in [-0.15, -0.1) is 0 Å². The topological polar surface area (TPSA) is 110 Å². The number of carbonyl (C=O) groups excluding carboxylic acids is 1. The molecule has 2 aromatic heterocycles. The summed E-state index contributed by atoms with van der Waals surface area (Å²) in [6.07, 6.45) is 2.37. The van der Waals surface area contributed by atoms with Crippen LogP contribution in [-0.4, -0.2) is 49.8 Å². The van der Waals surface area contributed by atoms with E-state index in [1.165, 1.54) is 4.68 Å². The highest BCUT2D eigenvalue weighted by atomic mass is 16.5. The molecule has 0 saturated carbocycles. The molecule has 1 aliphatic rings. The van der Waals surface area contributed by atoms with Crippen LogP contribution < -0.4 is 11.1 Å². The maximum absolute atomic E-state index is 13.9. The number of nitrogens with zero attached hydrogens (tertiary/aromatic N) is 4. The number of nitrogens with one attached hydrogen (secondary N) is 1. The minimum atomic E-state index is -0.336. The molecule has 1 saturated heterocycles. The first-order valence-corrected chi connectivity index (χ1v) is 11.9. The van der Waals surface area contributed by atoms with Crippen LogP contribution in [0.4, 0.5) is 0 Å². The molecule has 0 bridgehead atoms. The van der Waals surface area contributed by atoms with Crippen LogP contribution in [0, 0.1) is 0 Å². The normalized spacial score (nSPS) is 15.6. The van der Waals surface area contributed by atoms with Gasteiger partial charge in [-0.2, -0.15) is 5.10 Å². The summed E-state index contributed by atoms with van der Waals surface area (Å²) < 4.78 is 7.17. The van der Waals surface area contributed by atoms with Crippen molar-refractivity contribution in [1.82, 2.24) is 24.6 Å². The third kappa shape index (κ3) is 4.59. The van der Waals surface area contributed by atoms with Gasteiger partial charge in [-0.05, 0) is 37.5 Å². The predicted molar refractivity (Wildman–Crippen MR) is 132 cm³/mol. The van der Waals surface area contributed by atoms with Gasteiger partial charge in [0.05, 0.1) is 28.9 Å². The van der Waals surface area contributed by atoms with Crippen molar-refractivity contribution in [2.75, 3.05) is 13.2 Å². The Balaban J connectivity index is 1.58. The average molecular weight is 474 g/mol. The molecular weight excluding hydrogens is 446 g/mol. The fourth-order valence-electron chi connectivity index (χ4n) is 4.55. The molecule has 4 aromatic rings. The second-order valence-corrected chi connectivity index (χ2v) is 8.77. The van der Waals surface area contributed by atoms with Crippen molar-refractivity contribution in [2.45, 2.75) is 45.4 Å². The van der Waals surface area contributed by atoms with Gasteiger partial charge >= 0.3 is 0 Å². The van der Waals surface area contributed by atoms with Gasteiger partial charge in [0.25, 0.3) is 17.0 Å². The Labute approximate surface area is 201 Å². The summed E-state index contributed by atoms with van der Waals surface area (Å²) in [5.74, 6) is 0.0450. The van der Waals surface area contributed by atoms with Crippen LogP contribution in [0.5, 0.6) is 0 Å². The number of amides is 1. The van der Waals surface area contributed by atoms with Crippen molar-refractivity contribution in [1.29, 1.82) is 0 Å². The molecule has 2 aromatic carbocycles. The number of hydrogen-bond donors (Lipinski definition) is 1. The van der Waals surface area contributed by atoms with Gasteiger partial charge in [-0.3, -0.25) is 14.4 Å². The highest BCUT2D eigenvalue weighted by Crippen LogP contribution is 2.20. The van der Waals surface area contributed by atoms with Crippen molar-refractivity contribution in [3.63, 3.8) is 0 Å². The smallest absolute Gasteiger partial charge is 0.275 e. The number of fused-ring (bicyclic) bond motifs is 2. The van der Waals surface area contributed by atoms with Gasteiger partial charge in [0, 0.05) is 25.1 Å². The zero-order chi connectivity index (χ0) is 24.4. The van der Waals surface area contributed by atoms with Crippen LogP contribution in [0.2, 0.25) is 0 Å². The van der Waals surface area contributed by atoms with Crippen molar-refractivity contribution in [3.8, 4) is 0 Å². The minimum Gasteiger partial charge on any atom is -0.376 e. The monoisotopic (exact) mass is 473 g/mol. The van der Waals surface area contributed by atoms with Crippen LogP contribution in [0.15, 0.2) is 58.1 Å². The molecule has 35 heavy (non-hydrogen) atoms. The van der Waals surface area contributed by atoms with Gasteiger partial charge in [0.1, 0.15) is 5.82 Å². The number of para-hydroxylation sites is 1. The quantitative estimate of drug-likeness (QED) is 0.442. The van der Waals surface area contributed by atoms with Crippen LogP contribution >= 0.6 is 0 Å². The number of carbonyl (C=O) groups is 1. The minimum absolute atomic E-state index is 0.0850. The van der Waals surface area contributed by atoms with E-state index in [2.05, 4.69) is 15.1 Å². The average Bonchev–Trinajstić information content (AvgIpc) is 3.38. The molecule has 1 N–H and O–H groups in total. The number of aromatic nitrogens is 4. The molecule has 0 radical (unpaired) electrons. The molecule has 0 aliphatic carbocycles. The van der Waals surface area contributed by atoms with E-state index < -0.39 is 0 Å². The number of aryl methyl sites for hydroxylation is 1. The van der Waals surface area contributed by atoms with E-state index in [1.807, 2.05) is 13.0 Å². The Bertz CT molecular complexity index is 1500. The fraction of sp³-hybridized carbons (Fsp3) is 0.346. The van der Waals surface area contributed by atoms with Gasteiger partial charge in [0.2, 0.25) is 0 Å². The van der Waals surface area contributed by atoms with E-state index in [1.54, 1.807) is 47.4 Å². The summed E-state index contributed by atoms with van der Waals surface area (Å²) >= 11 is 0. The van der Waals surface area contributed by atoms with E-state index >= 15 is 0 Å². The van der Waals surface area contributed by atoms with Crippen LogP contribution in [0.1, 0.15) is 42.5 Å². The molecule has 1 fully saturated rings. The maximum atomic E-state index is 13.9. The van der Waals surface area contributed by atoms with Crippen LogP contribution in [-0.2, 0) is 17.8 Å².